The van der Waals surface area contributed by atoms with Gasteiger partial charge in [-0.1, -0.05) is 0 Å². The summed E-state index contributed by atoms with van der Waals surface area (Å²) in [6.45, 7) is 1.61. The number of amides is 1. The van der Waals surface area contributed by atoms with Crippen LogP contribution in [-0.4, -0.2) is 22.6 Å². The monoisotopic (exact) mass is 293 g/mol. The fraction of sp³-hybridized carbons (Fsp3) is 0.417. The van der Waals surface area contributed by atoms with Gasteiger partial charge in [-0.25, -0.2) is 0 Å². The third kappa shape index (κ3) is 2.52. The second-order valence-electron chi connectivity index (χ2n) is 4.75. The van der Waals surface area contributed by atoms with Crippen molar-refractivity contribution < 1.29 is 9.32 Å². The molecule has 1 atom stereocenters. The van der Waals surface area contributed by atoms with Crippen LogP contribution in [0.5, 0.6) is 0 Å². The van der Waals surface area contributed by atoms with Crippen LogP contribution in [0.4, 0.5) is 5.95 Å². The van der Waals surface area contributed by atoms with Crippen LogP contribution >= 0.6 is 11.3 Å². The minimum atomic E-state index is -0.643. The van der Waals surface area contributed by atoms with Gasteiger partial charge in [0.2, 0.25) is 11.8 Å². The highest BCUT2D eigenvalue weighted by molar-refractivity contribution is 7.10. The van der Waals surface area contributed by atoms with Crippen molar-refractivity contribution in [2.24, 2.45) is 11.5 Å². The zero-order chi connectivity index (χ0) is 14.1. The Labute approximate surface area is 119 Å². The quantitative estimate of drug-likeness (QED) is 0.852. The van der Waals surface area contributed by atoms with E-state index in [9.17, 15) is 4.79 Å². The van der Waals surface area contributed by atoms with Gasteiger partial charge in [0.15, 0.2) is 0 Å². The smallest absolute Gasteiger partial charge is 0.266 e. The van der Waals surface area contributed by atoms with E-state index in [1.165, 1.54) is 10.4 Å². The van der Waals surface area contributed by atoms with E-state index in [0.29, 0.717) is 5.95 Å². The molecular weight excluding hydrogens is 278 g/mol. The summed E-state index contributed by atoms with van der Waals surface area (Å²) in [5, 5.41) is 6.03. The molecular formula is C12H15N5O2S. The minimum absolute atomic E-state index is 0.00366. The van der Waals surface area contributed by atoms with Crippen LogP contribution in [-0.2, 0) is 17.8 Å². The molecule has 106 valence electrons. The molecule has 0 fully saturated rings. The number of hydrogen-bond donors (Lipinski definition) is 2. The topological polar surface area (TPSA) is 111 Å². The molecule has 1 amide bonds. The van der Waals surface area contributed by atoms with Crippen molar-refractivity contribution in [1.29, 1.82) is 0 Å². The van der Waals surface area contributed by atoms with Gasteiger partial charge in [-0.3, -0.25) is 4.79 Å². The Hall–Kier alpha value is -1.93. The third-order valence-corrected chi connectivity index (χ3v) is 4.28. The van der Waals surface area contributed by atoms with E-state index in [1.54, 1.807) is 11.3 Å². The standard InChI is InChI=1S/C12H15N5O2S/c13-8(5-10(14)18)11-15-12(16-19-11)17-3-1-9-7(6-17)2-4-20-9/h2,4,8H,1,3,5-6,13H2,(H2,14,18)/t8-/m0/s1. The van der Waals surface area contributed by atoms with Gasteiger partial charge in [-0.05, 0) is 28.6 Å². The molecule has 1 aliphatic heterocycles. The first-order chi connectivity index (χ1) is 9.63. The highest BCUT2D eigenvalue weighted by Crippen LogP contribution is 2.26. The predicted molar refractivity (Wildman–Crippen MR) is 74.1 cm³/mol. The van der Waals surface area contributed by atoms with E-state index >= 15 is 0 Å². The van der Waals surface area contributed by atoms with Crippen molar-refractivity contribution in [1.82, 2.24) is 10.1 Å². The van der Waals surface area contributed by atoms with Crippen LogP contribution in [0.15, 0.2) is 16.0 Å². The lowest BCUT2D eigenvalue weighted by Crippen LogP contribution is -2.30. The summed E-state index contributed by atoms with van der Waals surface area (Å²) in [5.41, 5.74) is 12.2. The summed E-state index contributed by atoms with van der Waals surface area (Å²) in [4.78, 5) is 18.6. The van der Waals surface area contributed by atoms with E-state index in [4.69, 9.17) is 16.0 Å². The number of hydrogen-bond acceptors (Lipinski definition) is 7. The van der Waals surface area contributed by atoms with Crippen LogP contribution < -0.4 is 16.4 Å². The number of fused-ring (bicyclic) bond motifs is 1. The molecule has 2 aromatic heterocycles. The molecule has 7 nitrogen and oxygen atoms in total. The van der Waals surface area contributed by atoms with E-state index < -0.39 is 11.9 Å². The average Bonchev–Trinajstić information content (AvgIpc) is 3.06. The van der Waals surface area contributed by atoms with Crippen molar-refractivity contribution in [2.75, 3.05) is 11.4 Å². The highest BCUT2D eigenvalue weighted by atomic mass is 32.1. The lowest BCUT2D eigenvalue weighted by Gasteiger charge is -2.25. The van der Waals surface area contributed by atoms with Gasteiger partial charge in [0.1, 0.15) is 0 Å². The lowest BCUT2D eigenvalue weighted by atomic mass is 10.1. The number of thiophene rings is 1. The van der Waals surface area contributed by atoms with Gasteiger partial charge in [0.05, 0.1) is 12.5 Å². The van der Waals surface area contributed by atoms with Gasteiger partial charge in [0, 0.05) is 18.0 Å². The molecule has 4 N–H and O–H groups in total. The van der Waals surface area contributed by atoms with Crippen LogP contribution in [0.2, 0.25) is 0 Å². The number of carbonyl (C=O) groups excluding carboxylic acids is 1. The first kappa shape index (κ1) is 13.1. The second-order valence-corrected chi connectivity index (χ2v) is 5.75. The number of anilines is 1. The van der Waals surface area contributed by atoms with Crippen LogP contribution in [0.25, 0.3) is 0 Å². The van der Waals surface area contributed by atoms with E-state index in [1.807, 2.05) is 4.90 Å². The van der Waals surface area contributed by atoms with Crippen LogP contribution in [0.1, 0.15) is 28.8 Å². The summed E-state index contributed by atoms with van der Waals surface area (Å²) < 4.78 is 5.12. The number of nitrogens with zero attached hydrogens (tertiary/aromatic N) is 3. The van der Waals surface area contributed by atoms with Crippen LogP contribution in [0, 0.1) is 0 Å². The van der Waals surface area contributed by atoms with Gasteiger partial charge in [-0.2, -0.15) is 4.98 Å². The van der Waals surface area contributed by atoms with Crippen molar-refractivity contribution in [3.05, 3.63) is 27.8 Å². The fourth-order valence-corrected chi connectivity index (χ4v) is 3.12. The van der Waals surface area contributed by atoms with Gasteiger partial charge < -0.3 is 20.9 Å². The van der Waals surface area contributed by atoms with Crippen molar-refractivity contribution in [3.63, 3.8) is 0 Å². The Morgan fingerprint density at radius 1 is 1.60 bits per heavy atom. The second kappa shape index (κ2) is 5.22. The molecule has 0 aromatic carbocycles. The Morgan fingerprint density at radius 3 is 3.25 bits per heavy atom. The van der Waals surface area contributed by atoms with Crippen molar-refractivity contribution in [3.8, 4) is 0 Å². The minimum Gasteiger partial charge on any atom is -0.370 e. The summed E-state index contributed by atoms with van der Waals surface area (Å²) >= 11 is 1.78. The largest absolute Gasteiger partial charge is 0.370 e. The lowest BCUT2D eigenvalue weighted by molar-refractivity contribution is -0.118. The number of rotatable bonds is 4. The maximum atomic E-state index is 10.8. The maximum absolute atomic E-state index is 10.8. The fourth-order valence-electron chi connectivity index (χ4n) is 2.23. The Bertz CT molecular complexity index is 623. The maximum Gasteiger partial charge on any atom is 0.266 e. The normalized spacial score (nSPS) is 15.9. The SMILES string of the molecule is NC(=O)C[C@H](N)c1nc(N2CCc3sccc3C2)no1. The van der Waals surface area contributed by atoms with Gasteiger partial charge >= 0.3 is 0 Å². The van der Waals surface area contributed by atoms with E-state index in [2.05, 4.69) is 21.6 Å². The molecule has 8 heteroatoms. The Morgan fingerprint density at radius 2 is 2.45 bits per heavy atom. The van der Waals surface area contributed by atoms with Gasteiger partial charge in [0.25, 0.3) is 5.95 Å². The zero-order valence-electron chi connectivity index (χ0n) is 10.8. The summed E-state index contributed by atoms with van der Waals surface area (Å²) in [6.07, 6.45) is 0.973. The molecule has 0 radical (unpaired) electrons. The highest BCUT2D eigenvalue weighted by Gasteiger charge is 2.23. The number of primary amides is 1. The van der Waals surface area contributed by atoms with Crippen LogP contribution in [0.3, 0.4) is 0 Å². The van der Waals surface area contributed by atoms with Crippen molar-refractivity contribution >= 4 is 23.2 Å². The molecule has 0 aliphatic carbocycles. The third-order valence-electron chi connectivity index (χ3n) is 3.26. The molecule has 0 saturated carbocycles. The molecule has 20 heavy (non-hydrogen) atoms. The molecule has 0 spiro atoms. The molecule has 3 rings (SSSR count). The molecule has 2 aromatic rings. The van der Waals surface area contributed by atoms with Crippen molar-refractivity contribution in [2.45, 2.75) is 25.4 Å². The first-order valence-electron chi connectivity index (χ1n) is 6.31. The zero-order valence-corrected chi connectivity index (χ0v) is 11.6. The summed E-state index contributed by atoms with van der Waals surface area (Å²) in [6, 6.07) is 1.47. The Kier molecular flexibility index (Phi) is 3.41. The Balaban J connectivity index is 1.73. The predicted octanol–water partition coefficient (Wildman–Crippen LogP) is 0.569. The summed E-state index contributed by atoms with van der Waals surface area (Å²) in [7, 11) is 0. The summed E-state index contributed by atoms with van der Waals surface area (Å²) in [5.74, 6) is 0.268. The number of aromatic nitrogens is 2. The molecule has 3 heterocycles. The van der Waals surface area contributed by atoms with E-state index in [-0.39, 0.29) is 12.3 Å². The number of nitrogens with two attached hydrogens (primary N) is 2. The number of carbonyl (C=O) groups is 1. The molecule has 0 saturated heterocycles. The first-order valence-corrected chi connectivity index (χ1v) is 7.19. The van der Waals surface area contributed by atoms with Gasteiger partial charge in [-0.15, -0.1) is 11.3 Å². The molecule has 1 aliphatic rings. The van der Waals surface area contributed by atoms with E-state index in [0.717, 1.165) is 19.5 Å². The molecule has 0 unspecified atom stereocenters. The average molecular weight is 293 g/mol. The molecule has 0 bridgehead atoms.